The van der Waals surface area contributed by atoms with Crippen LogP contribution in [0.3, 0.4) is 0 Å². The van der Waals surface area contributed by atoms with E-state index in [9.17, 15) is 8.42 Å². The molecular formula is C15H23NO3S2. The molecular weight excluding hydrogens is 306 g/mol. The lowest BCUT2D eigenvalue weighted by molar-refractivity contribution is 0.142. The lowest BCUT2D eigenvalue weighted by atomic mass is 10.1. The van der Waals surface area contributed by atoms with Crippen molar-refractivity contribution in [2.45, 2.75) is 31.6 Å². The lowest BCUT2D eigenvalue weighted by Gasteiger charge is -2.08. The van der Waals surface area contributed by atoms with E-state index in [-0.39, 0.29) is 22.2 Å². The van der Waals surface area contributed by atoms with Crippen molar-refractivity contribution in [3.63, 3.8) is 0 Å². The Labute approximate surface area is 132 Å². The van der Waals surface area contributed by atoms with Crippen LogP contribution in [0.25, 0.3) is 0 Å². The monoisotopic (exact) mass is 329 g/mol. The fraction of sp³-hybridized carbons (Fsp3) is 0.533. The van der Waals surface area contributed by atoms with Crippen molar-refractivity contribution in [1.82, 2.24) is 0 Å². The van der Waals surface area contributed by atoms with E-state index in [4.69, 9.17) is 22.7 Å². The summed E-state index contributed by atoms with van der Waals surface area (Å²) in [6, 6.07) is 6.40. The highest BCUT2D eigenvalue weighted by molar-refractivity contribution is 7.91. The minimum Gasteiger partial charge on any atom is -0.389 e. The van der Waals surface area contributed by atoms with E-state index < -0.39 is 9.84 Å². The highest BCUT2D eigenvalue weighted by Gasteiger charge is 2.15. The van der Waals surface area contributed by atoms with E-state index in [0.29, 0.717) is 18.1 Å². The first-order valence-electron chi connectivity index (χ1n) is 7.03. The van der Waals surface area contributed by atoms with Gasteiger partial charge in [0.2, 0.25) is 0 Å². The predicted octanol–water partition coefficient (Wildman–Crippen LogP) is 2.55. The Bertz CT molecular complexity index is 568. The molecule has 21 heavy (non-hydrogen) atoms. The van der Waals surface area contributed by atoms with Gasteiger partial charge in [0.05, 0.1) is 17.3 Å². The number of hydrogen-bond acceptors (Lipinski definition) is 4. The van der Waals surface area contributed by atoms with E-state index in [1.54, 1.807) is 18.2 Å². The molecule has 4 nitrogen and oxygen atoms in total. The van der Waals surface area contributed by atoms with Gasteiger partial charge in [-0.2, -0.15) is 0 Å². The Kier molecular flexibility index (Phi) is 7.28. The maximum atomic E-state index is 12.2. The molecule has 6 heteroatoms. The van der Waals surface area contributed by atoms with E-state index in [0.717, 1.165) is 12.8 Å². The van der Waals surface area contributed by atoms with Crippen LogP contribution in [0.2, 0.25) is 0 Å². The molecule has 1 aromatic carbocycles. The van der Waals surface area contributed by atoms with Gasteiger partial charge in [0.25, 0.3) is 0 Å². The molecule has 0 aliphatic heterocycles. The second kappa shape index (κ2) is 8.46. The number of nitrogens with two attached hydrogens (primary N) is 1. The Morgan fingerprint density at radius 1 is 1.33 bits per heavy atom. The highest BCUT2D eigenvalue weighted by Crippen LogP contribution is 2.13. The number of rotatable bonds is 9. The molecule has 0 bridgehead atoms. The molecule has 0 atom stereocenters. The zero-order chi connectivity index (χ0) is 15.9. The zero-order valence-corrected chi connectivity index (χ0v) is 14.2. The molecule has 1 aromatic rings. The van der Waals surface area contributed by atoms with E-state index >= 15 is 0 Å². The fourth-order valence-electron chi connectivity index (χ4n) is 1.83. The van der Waals surface area contributed by atoms with Crippen LogP contribution in [-0.4, -0.2) is 32.4 Å². The van der Waals surface area contributed by atoms with E-state index in [2.05, 4.69) is 13.8 Å². The van der Waals surface area contributed by atoms with Gasteiger partial charge in [-0.25, -0.2) is 8.42 Å². The third kappa shape index (κ3) is 6.54. The van der Waals surface area contributed by atoms with Gasteiger partial charge in [-0.05, 0) is 30.9 Å². The third-order valence-corrected chi connectivity index (χ3v) is 4.96. The number of ether oxygens (including phenoxy) is 1. The molecule has 0 aliphatic rings. The Hall–Kier alpha value is -0.980. The summed E-state index contributed by atoms with van der Waals surface area (Å²) in [7, 11) is -3.36. The standard InChI is InChI=1S/C15H23NO3S2/c1-12(2)5-4-8-19-9-10-21(17,18)14-7-3-6-13(11-14)15(16)20/h3,6-7,11-12H,4-5,8-10H2,1-2H3,(H2,16,20). The molecule has 0 aliphatic carbocycles. The van der Waals surface area contributed by atoms with Crippen LogP contribution >= 0.6 is 12.2 Å². The first-order chi connectivity index (χ1) is 9.83. The van der Waals surface area contributed by atoms with Crippen LogP contribution in [0.15, 0.2) is 29.2 Å². The van der Waals surface area contributed by atoms with Crippen LogP contribution in [0.5, 0.6) is 0 Å². The number of benzene rings is 1. The summed E-state index contributed by atoms with van der Waals surface area (Å²) in [4.78, 5) is 0.426. The average Bonchev–Trinajstić information content (AvgIpc) is 2.42. The van der Waals surface area contributed by atoms with Gasteiger partial charge < -0.3 is 10.5 Å². The van der Waals surface area contributed by atoms with Crippen LogP contribution in [0, 0.1) is 5.92 Å². The Morgan fingerprint density at radius 3 is 2.67 bits per heavy atom. The fourth-order valence-corrected chi connectivity index (χ4v) is 3.12. The minimum atomic E-state index is -3.36. The van der Waals surface area contributed by atoms with Gasteiger partial charge >= 0.3 is 0 Å². The summed E-state index contributed by atoms with van der Waals surface area (Å²) >= 11 is 4.86. The summed E-state index contributed by atoms with van der Waals surface area (Å²) in [6.07, 6.45) is 2.04. The van der Waals surface area contributed by atoms with Gasteiger partial charge in [0, 0.05) is 12.2 Å². The third-order valence-electron chi connectivity index (χ3n) is 3.04. The van der Waals surface area contributed by atoms with Crippen molar-refractivity contribution < 1.29 is 13.2 Å². The van der Waals surface area contributed by atoms with Gasteiger partial charge in [-0.15, -0.1) is 0 Å². The quantitative estimate of drug-likeness (QED) is 0.557. The maximum absolute atomic E-state index is 12.2. The molecule has 0 aromatic heterocycles. The van der Waals surface area contributed by atoms with Crippen molar-refractivity contribution in [3.05, 3.63) is 29.8 Å². The van der Waals surface area contributed by atoms with Crippen LogP contribution in [0.4, 0.5) is 0 Å². The summed E-state index contributed by atoms with van der Waals surface area (Å²) in [6.45, 7) is 5.11. The first-order valence-corrected chi connectivity index (χ1v) is 9.09. The molecule has 0 amide bonds. The molecule has 0 saturated carbocycles. The minimum absolute atomic E-state index is 0.0323. The van der Waals surface area contributed by atoms with Gasteiger partial charge in [0.15, 0.2) is 9.84 Å². The van der Waals surface area contributed by atoms with E-state index in [1.807, 2.05) is 0 Å². The molecule has 0 saturated heterocycles. The van der Waals surface area contributed by atoms with Crippen molar-refractivity contribution in [1.29, 1.82) is 0 Å². The first kappa shape index (κ1) is 18.1. The van der Waals surface area contributed by atoms with Gasteiger partial charge in [-0.1, -0.05) is 38.2 Å². The lowest BCUT2D eigenvalue weighted by Crippen LogP contribution is -2.15. The molecule has 118 valence electrons. The second-order valence-corrected chi connectivity index (χ2v) is 7.91. The SMILES string of the molecule is CC(C)CCCOCCS(=O)(=O)c1cccc(C(N)=S)c1. The number of thiocarbonyl (C=S) groups is 1. The van der Waals surface area contributed by atoms with Crippen molar-refractivity contribution in [2.24, 2.45) is 11.7 Å². The van der Waals surface area contributed by atoms with E-state index in [1.165, 1.54) is 6.07 Å². The van der Waals surface area contributed by atoms with Crippen LogP contribution in [-0.2, 0) is 14.6 Å². The van der Waals surface area contributed by atoms with Gasteiger partial charge in [0.1, 0.15) is 4.99 Å². The molecule has 0 spiro atoms. The van der Waals surface area contributed by atoms with Crippen LogP contribution in [0.1, 0.15) is 32.3 Å². The van der Waals surface area contributed by atoms with Gasteiger partial charge in [-0.3, -0.25) is 0 Å². The zero-order valence-electron chi connectivity index (χ0n) is 12.5. The Balaban J connectivity index is 2.50. The Morgan fingerprint density at radius 2 is 2.05 bits per heavy atom. The van der Waals surface area contributed by atoms with Crippen molar-refractivity contribution >= 4 is 27.0 Å². The topological polar surface area (TPSA) is 69.4 Å². The second-order valence-electron chi connectivity index (χ2n) is 5.36. The summed E-state index contributed by atoms with van der Waals surface area (Å²) in [5.41, 5.74) is 6.08. The normalized spacial score (nSPS) is 11.8. The van der Waals surface area contributed by atoms with Crippen molar-refractivity contribution in [3.8, 4) is 0 Å². The molecule has 0 unspecified atom stereocenters. The predicted molar refractivity (Wildman–Crippen MR) is 89.3 cm³/mol. The van der Waals surface area contributed by atoms with Crippen molar-refractivity contribution in [2.75, 3.05) is 19.0 Å². The molecule has 0 radical (unpaired) electrons. The summed E-state index contributed by atoms with van der Waals surface area (Å²) in [5.74, 6) is 0.607. The summed E-state index contributed by atoms with van der Waals surface area (Å²) < 4.78 is 29.8. The highest BCUT2D eigenvalue weighted by atomic mass is 32.2. The number of sulfone groups is 1. The smallest absolute Gasteiger partial charge is 0.180 e. The van der Waals surface area contributed by atoms with Crippen LogP contribution < -0.4 is 5.73 Å². The molecule has 1 rings (SSSR count). The molecule has 0 fully saturated rings. The molecule has 2 N–H and O–H groups in total. The summed E-state index contributed by atoms with van der Waals surface area (Å²) in [5, 5.41) is 0. The maximum Gasteiger partial charge on any atom is 0.180 e. The molecule has 0 heterocycles. The number of hydrogen-bond donors (Lipinski definition) is 1. The average molecular weight is 329 g/mol. The largest absolute Gasteiger partial charge is 0.389 e.